The summed E-state index contributed by atoms with van der Waals surface area (Å²) < 4.78 is 5.47. The number of nitriles is 1. The van der Waals surface area contributed by atoms with Gasteiger partial charge in [-0.05, 0) is 36.8 Å². The van der Waals surface area contributed by atoms with Gasteiger partial charge < -0.3 is 10.1 Å². The lowest BCUT2D eigenvalue weighted by molar-refractivity contribution is 0.340. The first-order valence-corrected chi connectivity index (χ1v) is 7.04. The van der Waals surface area contributed by atoms with E-state index in [0.29, 0.717) is 6.61 Å². The second-order valence-electron chi connectivity index (χ2n) is 4.06. The van der Waals surface area contributed by atoms with Crippen LogP contribution in [0.3, 0.4) is 0 Å². The molecule has 0 atom stereocenters. The predicted octanol–water partition coefficient (Wildman–Crippen LogP) is 3.31. The van der Waals surface area contributed by atoms with Gasteiger partial charge in [0.1, 0.15) is 16.7 Å². The third kappa shape index (κ3) is 4.09. The molecule has 4 heteroatoms. The van der Waals surface area contributed by atoms with Crippen molar-refractivity contribution in [2.45, 2.75) is 20.0 Å². The van der Waals surface area contributed by atoms with Crippen LogP contribution in [0, 0.1) is 11.3 Å². The van der Waals surface area contributed by atoms with Crippen molar-refractivity contribution in [2.75, 3.05) is 6.61 Å². The summed E-state index contributed by atoms with van der Waals surface area (Å²) in [5.41, 5.74) is 1.20. The Bertz CT molecular complexity index is 572. The number of rotatable bonds is 6. The maximum absolute atomic E-state index is 8.76. The van der Waals surface area contributed by atoms with E-state index in [9.17, 15) is 0 Å². The molecule has 0 bridgehead atoms. The van der Waals surface area contributed by atoms with Crippen LogP contribution < -0.4 is 10.1 Å². The fourth-order valence-electron chi connectivity index (χ4n) is 1.77. The van der Waals surface area contributed by atoms with Gasteiger partial charge in [0, 0.05) is 18.0 Å². The summed E-state index contributed by atoms with van der Waals surface area (Å²) in [5.74, 6) is 0.907. The lowest BCUT2D eigenvalue weighted by Gasteiger charge is -2.07. The molecule has 1 aromatic carbocycles. The average Bonchev–Trinajstić information content (AvgIpc) is 2.88. The van der Waals surface area contributed by atoms with Crippen LogP contribution in [0.1, 0.15) is 22.2 Å². The van der Waals surface area contributed by atoms with Gasteiger partial charge in [0.05, 0.1) is 6.61 Å². The summed E-state index contributed by atoms with van der Waals surface area (Å²) in [6.45, 7) is 4.24. The Labute approximate surface area is 117 Å². The first-order valence-electron chi connectivity index (χ1n) is 6.23. The molecule has 0 amide bonds. The van der Waals surface area contributed by atoms with Crippen molar-refractivity contribution >= 4 is 11.3 Å². The standard InChI is InChI=1S/C15H16N2OS/c1-2-18-13-5-3-4-12(8-13)10-17-11-15-7-6-14(9-16)19-15/h3-8,17H,2,10-11H2,1H3. The second kappa shape index (κ2) is 6.93. The summed E-state index contributed by atoms with van der Waals surface area (Å²) in [6.07, 6.45) is 0. The predicted molar refractivity (Wildman–Crippen MR) is 77.2 cm³/mol. The molecule has 98 valence electrons. The van der Waals surface area contributed by atoms with Crippen LogP contribution in [0.5, 0.6) is 5.75 Å². The molecule has 1 aromatic heterocycles. The van der Waals surface area contributed by atoms with Crippen LogP contribution in [0.2, 0.25) is 0 Å². The van der Waals surface area contributed by atoms with Crippen molar-refractivity contribution < 1.29 is 4.74 Å². The SMILES string of the molecule is CCOc1cccc(CNCc2ccc(C#N)s2)c1. The molecule has 0 aliphatic rings. The molecule has 0 unspecified atom stereocenters. The first-order chi connectivity index (χ1) is 9.31. The Morgan fingerprint density at radius 3 is 2.89 bits per heavy atom. The van der Waals surface area contributed by atoms with Crippen LogP contribution in [-0.2, 0) is 13.1 Å². The number of nitrogens with one attached hydrogen (secondary N) is 1. The minimum Gasteiger partial charge on any atom is -0.494 e. The second-order valence-corrected chi connectivity index (χ2v) is 5.23. The average molecular weight is 272 g/mol. The number of nitrogens with zero attached hydrogens (tertiary/aromatic N) is 1. The third-order valence-electron chi connectivity index (χ3n) is 2.61. The number of ether oxygens (including phenoxy) is 1. The van der Waals surface area contributed by atoms with Crippen LogP contribution in [0.4, 0.5) is 0 Å². The number of hydrogen-bond acceptors (Lipinski definition) is 4. The minimum atomic E-state index is 0.684. The Morgan fingerprint density at radius 1 is 1.26 bits per heavy atom. The molecule has 0 spiro atoms. The summed E-state index contributed by atoms with van der Waals surface area (Å²) in [4.78, 5) is 1.94. The quantitative estimate of drug-likeness (QED) is 0.877. The van der Waals surface area contributed by atoms with Gasteiger partial charge in [-0.2, -0.15) is 5.26 Å². The summed E-state index contributed by atoms with van der Waals surface area (Å²) in [6, 6.07) is 14.1. The molecule has 3 nitrogen and oxygen atoms in total. The van der Waals surface area contributed by atoms with Crippen molar-refractivity contribution in [1.82, 2.24) is 5.32 Å². The van der Waals surface area contributed by atoms with E-state index in [1.807, 2.05) is 37.3 Å². The molecule has 0 saturated heterocycles. The van der Waals surface area contributed by atoms with Gasteiger partial charge in [0.15, 0.2) is 0 Å². The fourth-order valence-corrected chi connectivity index (χ4v) is 2.55. The Morgan fingerprint density at radius 2 is 2.16 bits per heavy atom. The Balaban J connectivity index is 1.85. The largest absolute Gasteiger partial charge is 0.494 e. The van der Waals surface area contributed by atoms with E-state index >= 15 is 0 Å². The topological polar surface area (TPSA) is 45.0 Å². The zero-order valence-corrected chi connectivity index (χ0v) is 11.7. The minimum absolute atomic E-state index is 0.684. The molecule has 0 saturated carbocycles. The number of benzene rings is 1. The molecular weight excluding hydrogens is 256 g/mol. The van der Waals surface area contributed by atoms with E-state index in [-0.39, 0.29) is 0 Å². The third-order valence-corrected chi connectivity index (χ3v) is 3.60. The molecular formula is C15H16N2OS. The number of thiophene rings is 1. The van der Waals surface area contributed by atoms with Gasteiger partial charge in [0.25, 0.3) is 0 Å². The van der Waals surface area contributed by atoms with Crippen molar-refractivity contribution in [3.8, 4) is 11.8 Å². The molecule has 0 aliphatic carbocycles. The highest BCUT2D eigenvalue weighted by atomic mass is 32.1. The number of hydrogen-bond donors (Lipinski definition) is 1. The molecule has 1 N–H and O–H groups in total. The highest BCUT2D eigenvalue weighted by Gasteiger charge is 2.00. The van der Waals surface area contributed by atoms with E-state index in [0.717, 1.165) is 23.7 Å². The molecule has 0 radical (unpaired) electrons. The lowest BCUT2D eigenvalue weighted by Crippen LogP contribution is -2.11. The van der Waals surface area contributed by atoms with E-state index in [1.54, 1.807) is 0 Å². The molecule has 0 aliphatic heterocycles. The van der Waals surface area contributed by atoms with Crippen LogP contribution in [0.25, 0.3) is 0 Å². The molecule has 1 heterocycles. The van der Waals surface area contributed by atoms with Gasteiger partial charge in [0.2, 0.25) is 0 Å². The lowest BCUT2D eigenvalue weighted by atomic mass is 10.2. The molecule has 2 rings (SSSR count). The summed E-state index contributed by atoms with van der Waals surface area (Å²) in [5, 5.41) is 12.1. The highest BCUT2D eigenvalue weighted by Crippen LogP contribution is 2.16. The highest BCUT2D eigenvalue weighted by molar-refractivity contribution is 7.12. The van der Waals surface area contributed by atoms with Crippen LogP contribution in [-0.4, -0.2) is 6.61 Å². The smallest absolute Gasteiger partial charge is 0.119 e. The normalized spacial score (nSPS) is 10.1. The van der Waals surface area contributed by atoms with Crippen molar-refractivity contribution in [3.05, 3.63) is 51.7 Å². The monoisotopic (exact) mass is 272 g/mol. The fraction of sp³-hybridized carbons (Fsp3) is 0.267. The summed E-state index contributed by atoms with van der Waals surface area (Å²) >= 11 is 1.53. The van der Waals surface area contributed by atoms with Crippen molar-refractivity contribution in [1.29, 1.82) is 5.26 Å². The van der Waals surface area contributed by atoms with Gasteiger partial charge in [-0.25, -0.2) is 0 Å². The Kier molecular flexibility index (Phi) is 4.96. The van der Waals surface area contributed by atoms with Gasteiger partial charge in [-0.15, -0.1) is 11.3 Å². The summed E-state index contributed by atoms with van der Waals surface area (Å²) in [7, 11) is 0. The first kappa shape index (κ1) is 13.6. The molecule has 2 aromatic rings. The zero-order chi connectivity index (χ0) is 13.5. The van der Waals surface area contributed by atoms with Crippen molar-refractivity contribution in [3.63, 3.8) is 0 Å². The van der Waals surface area contributed by atoms with Crippen LogP contribution in [0.15, 0.2) is 36.4 Å². The van der Waals surface area contributed by atoms with Crippen LogP contribution >= 0.6 is 11.3 Å². The van der Waals surface area contributed by atoms with Gasteiger partial charge in [-0.3, -0.25) is 0 Å². The molecule has 0 fully saturated rings. The zero-order valence-electron chi connectivity index (χ0n) is 10.8. The maximum atomic E-state index is 8.76. The van der Waals surface area contributed by atoms with E-state index in [4.69, 9.17) is 10.00 Å². The molecule has 19 heavy (non-hydrogen) atoms. The van der Waals surface area contributed by atoms with E-state index in [2.05, 4.69) is 17.5 Å². The van der Waals surface area contributed by atoms with Gasteiger partial charge in [-0.1, -0.05) is 12.1 Å². The van der Waals surface area contributed by atoms with Crippen molar-refractivity contribution in [2.24, 2.45) is 0 Å². The Hall–Kier alpha value is -1.83. The maximum Gasteiger partial charge on any atom is 0.119 e. The van der Waals surface area contributed by atoms with E-state index < -0.39 is 0 Å². The van der Waals surface area contributed by atoms with E-state index in [1.165, 1.54) is 21.8 Å². The van der Waals surface area contributed by atoms with Gasteiger partial charge >= 0.3 is 0 Å².